The van der Waals surface area contributed by atoms with Gasteiger partial charge in [-0.05, 0) is 111 Å². The van der Waals surface area contributed by atoms with Crippen LogP contribution in [-0.4, -0.2) is 48.7 Å². The lowest BCUT2D eigenvalue weighted by Gasteiger charge is -2.43. The maximum absolute atomic E-state index is 12.5. The van der Waals surface area contributed by atoms with Crippen molar-refractivity contribution in [3.63, 3.8) is 0 Å². The Labute approximate surface area is 303 Å². The number of carbonyl (C=O) groups is 2. The molecule has 1 aliphatic carbocycles. The fourth-order valence-electron chi connectivity index (χ4n) is 6.69. The molecule has 3 aromatic rings. The summed E-state index contributed by atoms with van der Waals surface area (Å²) < 4.78 is 32.5. The summed E-state index contributed by atoms with van der Waals surface area (Å²) in [5.41, 5.74) is 10.3. The number of fused-ring (bicyclic) bond motifs is 2. The molecule has 1 heterocycles. The number of amides is 2. The molecule has 0 saturated heterocycles. The molecule has 1 fully saturated rings. The molecular formula is C39H48ClN3O6S. The molecule has 268 valence electrons. The number of hydrogen-bond donors (Lipinski definition) is 2. The van der Waals surface area contributed by atoms with E-state index in [-0.39, 0.29) is 6.10 Å². The van der Waals surface area contributed by atoms with Crippen molar-refractivity contribution in [2.75, 3.05) is 30.9 Å². The van der Waals surface area contributed by atoms with E-state index in [0.717, 1.165) is 60.7 Å². The van der Waals surface area contributed by atoms with Gasteiger partial charge in [0.1, 0.15) is 17.6 Å². The van der Waals surface area contributed by atoms with Crippen molar-refractivity contribution >= 4 is 40.7 Å². The van der Waals surface area contributed by atoms with Gasteiger partial charge in [-0.2, -0.15) is 0 Å². The van der Waals surface area contributed by atoms with Gasteiger partial charge >= 0.3 is 6.09 Å². The molecule has 3 N–H and O–H groups in total. The van der Waals surface area contributed by atoms with E-state index in [2.05, 4.69) is 33.9 Å². The second-order valence-electron chi connectivity index (χ2n) is 13.0. The van der Waals surface area contributed by atoms with Gasteiger partial charge in [0.25, 0.3) is 0 Å². The van der Waals surface area contributed by atoms with Gasteiger partial charge < -0.3 is 29.4 Å². The van der Waals surface area contributed by atoms with Gasteiger partial charge in [0.2, 0.25) is 5.91 Å². The molecule has 0 spiro atoms. The van der Waals surface area contributed by atoms with E-state index in [1.807, 2.05) is 48.5 Å². The number of benzene rings is 3. The number of ether oxygens (including phenoxy) is 3. The number of carbonyl (C=O) groups excluding carboxylic acids is 2. The lowest BCUT2D eigenvalue weighted by atomic mass is 9.70. The van der Waals surface area contributed by atoms with Crippen molar-refractivity contribution in [3.05, 3.63) is 106 Å². The number of allylic oxidation sites excluding steroid dienone is 1. The van der Waals surface area contributed by atoms with Crippen molar-refractivity contribution < 1.29 is 28.4 Å². The van der Waals surface area contributed by atoms with E-state index >= 15 is 0 Å². The van der Waals surface area contributed by atoms with Crippen LogP contribution >= 0.6 is 11.6 Å². The van der Waals surface area contributed by atoms with E-state index < -0.39 is 29.5 Å². The van der Waals surface area contributed by atoms with E-state index in [0.29, 0.717) is 49.1 Å². The highest BCUT2D eigenvalue weighted by atomic mass is 35.5. The summed E-state index contributed by atoms with van der Waals surface area (Å²) in [5.74, 6) is 1.24. The standard InChI is InChI=1S/C39H48ClN3O6S/c1-27(28-11-5-3-6-12-28)49-39(45)42-50(46)22-10-4-7-14-36(47-2)34-19-16-32(34)26-43-25-31-15-18-33(40)23-29(31)13-8-9-21-48-37-20-17-30(38(41)44)24-35(37)43/h3,5-7,11-12,14-15,17-18,20,23-24,27,32,34,36H,4,8-10,13,16,19,21-22,25-26H2,1-2H3,(H2,41,44)(H,42,45)/b14-7+/t27-,32-,34+,36-,50+/m0/s1. The van der Waals surface area contributed by atoms with Crippen molar-refractivity contribution in [2.45, 2.75) is 70.6 Å². The first-order chi connectivity index (χ1) is 24.2. The summed E-state index contributed by atoms with van der Waals surface area (Å²) in [6.07, 6.45) is 9.21. The SMILES string of the molecule is CO[C@@H](/C=C/CCC[S@@+]([O-])NC(=O)O[C@@H](C)c1ccccc1)[C@@H]1CC[C@H]1CN1Cc2ccc(Cl)cc2CCCCOc2ccc(C(N)=O)cc21. The molecule has 1 aliphatic heterocycles. The summed E-state index contributed by atoms with van der Waals surface area (Å²) >= 11 is 4.88. The van der Waals surface area contributed by atoms with E-state index in [4.69, 9.17) is 31.5 Å². The number of anilines is 1. The van der Waals surface area contributed by atoms with E-state index in [1.165, 1.54) is 11.1 Å². The Morgan fingerprint density at radius 2 is 1.94 bits per heavy atom. The first-order valence-electron chi connectivity index (χ1n) is 17.4. The minimum Gasteiger partial charge on any atom is -0.593 e. The molecule has 5 atom stereocenters. The minimum absolute atomic E-state index is 0.0745. The highest BCUT2D eigenvalue weighted by molar-refractivity contribution is 7.90. The molecule has 0 bridgehead atoms. The molecule has 11 heteroatoms. The van der Waals surface area contributed by atoms with Crippen LogP contribution in [0.4, 0.5) is 10.5 Å². The quantitative estimate of drug-likeness (QED) is 0.105. The zero-order chi connectivity index (χ0) is 35.5. The van der Waals surface area contributed by atoms with Crippen molar-refractivity contribution in [2.24, 2.45) is 17.6 Å². The highest BCUT2D eigenvalue weighted by Gasteiger charge is 2.38. The number of nitrogens with zero attached hydrogens (tertiary/aromatic N) is 1. The number of aryl methyl sites for hydroxylation is 1. The average molecular weight is 722 g/mol. The van der Waals surface area contributed by atoms with Crippen molar-refractivity contribution in [1.82, 2.24) is 4.72 Å². The number of hydrogen-bond acceptors (Lipinski definition) is 7. The Hall–Kier alpha value is -3.70. The number of nitrogens with one attached hydrogen (secondary N) is 1. The van der Waals surface area contributed by atoms with Gasteiger partial charge in [0, 0.05) is 30.8 Å². The zero-order valence-electron chi connectivity index (χ0n) is 28.9. The molecule has 50 heavy (non-hydrogen) atoms. The summed E-state index contributed by atoms with van der Waals surface area (Å²) in [4.78, 5) is 26.8. The minimum atomic E-state index is -1.54. The van der Waals surface area contributed by atoms with Crippen molar-refractivity contribution in [1.29, 1.82) is 0 Å². The topological polar surface area (TPSA) is 126 Å². The first-order valence-corrected chi connectivity index (χ1v) is 19.1. The number of halogens is 1. The molecule has 0 unspecified atom stereocenters. The third-order valence-corrected chi connectivity index (χ3v) is 10.9. The summed E-state index contributed by atoms with van der Waals surface area (Å²) in [5, 5.41) is 0.727. The second kappa shape index (κ2) is 18.5. The van der Waals surface area contributed by atoms with Crippen LogP contribution in [0.5, 0.6) is 5.75 Å². The van der Waals surface area contributed by atoms with Crippen LogP contribution < -0.4 is 20.1 Å². The lowest BCUT2D eigenvalue weighted by molar-refractivity contribution is 0.0134. The van der Waals surface area contributed by atoms with Gasteiger partial charge in [-0.3, -0.25) is 4.79 Å². The zero-order valence-corrected chi connectivity index (χ0v) is 30.4. The molecule has 2 amide bonds. The van der Waals surface area contributed by atoms with Crippen LogP contribution in [0.2, 0.25) is 5.02 Å². The number of nitrogens with two attached hydrogens (primary N) is 1. The van der Waals surface area contributed by atoms with Gasteiger partial charge in [-0.15, -0.1) is 4.72 Å². The maximum atomic E-state index is 12.5. The molecular weight excluding hydrogens is 674 g/mol. The Morgan fingerprint density at radius 3 is 2.68 bits per heavy atom. The molecule has 9 nitrogen and oxygen atoms in total. The largest absolute Gasteiger partial charge is 0.593 e. The van der Waals surface area contributed by atoms with Gasteiger partial charge in [-0.1, -0.05) is 60.2 Å². The summed E-state index contributed by atoms with van der Waals surface area (Å²) in [6, 6.07) is 21.0. The summed E-state index contributed by atoms with van der Waals surface area (Å²) in [6.45, 7) is 3.76. The Bertz CT molecular complexity index is 1610. The summed E-state index contributed by atoms with van der Waals surface area (Å²) in [7, 11) is 1.74. The fraction of sp³-hybridized carbons (Fsp3) is 0.436. The Morgan fingerprint density at radius 1 is 1.12 bits per heavy atom. The number of rotatable bonds is 13. The van der Waals surface area contributed by atoms with Crippen LogP contribution in [0, 0.1) is 11.8 Å². The molecule has 5 rings (SSSR count). The molecule has 0 radical (unpaired) electrons. The normalized spacial score (nSPS) is 19.5. The average Bonchev–Trinajstić information content (AvgIpc) is 3.12. The highest BCUT2D eigenvalue weighted by Crippen LogP contribution is 2.42. The second-order valence-corrected chi connectivity index (χ2v) is 14.8. The van der Waals surface area contributed by atoms with Gasteiger partial charge in [-0.25, -0.2) is 4.79 Å². The molecule has 0 aromatic heterocycles. The number of primary amides is 1. The Kier molecular flexibility index (Phi) is 13.9. The van der Waals surface area contributed by atoms with Crippen LogP contribution in [-0.2, 0) is 33.8 Å². The van der Waals surface area contributed by atoms with Crippen LogP contribution in [0.3, 0.4) is 0 Å². The van der Waals surface area contributed by atoms with E-state index in [9.17, 15) is 14.1 Å². The fourth-order valence-corrected chi connectivity index (χ4v) is 7.65. The third kappa shape index (κ3) is 10.4. The van der Waals surface area contributed by atoms with Gasteiger partial charge in [0.15, 0.2) is 0 Å². The predicted molar refractivity (Wildman–Crippen MR) is 199 cm³/mol. The van der Waals surface area contributed by atoms with Crippen LogP contribution in [0.15, 0.2) is 78.9 Å². The first kappa shape index (κ1) is 37.6. The number of methoxy groups -OCH3 is 1. The van der Waals surface area contributed by atoms with Gasteiger partial charge in [0.05, 0.1) is 29.8 Å². The Balaban J connectivity index is 1.20. The predicted octanol–water partition coefficient (Wildman–Crippen LogP) is 7.69. The molecule has 2 aliphatic rings. The number of unbranched alkanes of at least 4 members (excludes halogenated alkanes) is 1. The molecule has 3 aromatic carbocycles. The third-order valence-electron chi connectivity index (χ3n) is 9.61. The van der Waals surface area contributed by atoms with E-state index in [1.54, 1.807) is 20.1 Å². The van der Waals surface area contributed by atoms with Crippen LogP contribution in [0.25, 0.3) is 0 Å². The van der Waals surface area contributed by atoms with Crippen molar-refractivity contribution in [3.8, 4) is 5.75 Å². The maximum Gasteiger partial charge on any atom is 0.449 e. The lowest BCUT2D eigenvalue weighted by Crippen LogP contribution is -2.43. The van der Waals surface area contributed by atoms with Crippen LogP contribution in [0.1, 0.15) is 78.6 Å². The molecule has 1 saturated carbocycles. The smallest absolute Gasteiger partial charge is 0.449 e. The monoisotopic (exact) mass is 721 g/mol.